The van der Waals surface area contributed by atoms with Gasteiger partial charge in [0.05, 0.1) is 18.4 Å². The summed E-state index contributed by atoms with van der Waals surface area (Å²) < 4.78 is 40.6. The molecular formula is C27H33F3N4O4. The molecule has 4 heterocycles. The summed E-state index contributed by atoms with van der Waals surface area (Å²) in [6.07, 6.45) is 4.44. The summed E-state index contributed by atoms with van der Waals surface area (Å²) in [7, 11) is 0. The van der Waals surface area contributed by atoms with Crippen LogP contribution in [0.15, 0.2) is 30.5 Å². The maximum absolute atomic E-state index is 12.6. The highest BCUT2D eigenvalue weighted by Crippen LogP contribution is 2.49. The van der Waals surface area contributed by atoms with Gasteiger partial charge in [-0.3, -0.25) is 9.48 Å². The normalized spacial score (nSPS) is 20.2. The number of carboxylic acid groups (broad SMARTS) is 1. The van der Waals surface area contributed by atoms with E-state index in [-0.39, 0.29) is 5.60 Å². The lowest BCUT2D eigenvalue weighted by molar-refractivity contribution is -0.192. The molecule has 1 aliphatic carbocycles. The van der Waals surface area contributed by atoms with Gasteiger partial charge in [0.2, 0.25) is 5.91 Å². The fraction of sp³-hybridized carbons (Fsp3) is 0.593. The highest BCUT2D eigenvalue weighted by molar-refractivity contribution is 5.77. The topological polar surface area (TPSA) is 87.9 Å². The number of hydrogen-bond acceptors (Lipinski definition) is 5. The number of carbonyl (C=O) groups is 2. The van der Waals surface area contributed by atoms with Gasteiger partial charge >= 0.3 is 12.1 Å². The quantitative estimate of drug-likeness (QED) is 0.616. The second-order valence-electron chi connectivity index (χ2n) is 10.6. The molecule has 1 N–H and O–H groups in total. The van der Waals surface area contributed by atoms with E-state index in [1.165, 1.54) is 50.0 Å². The van der Waals surface area contributed by atoms with Crippen LogP contribution < -0.4 is 4.74 Å². The second kappa shape index (κ2) is 10.6. The number of benzene rings is 1. The van der Waals surface area contributed by atoms with E-state index in [1.807, 2.05) is 6.20 Å². The monoisotopic (exact) mass is 534 g/mol. The number of aliphatic carboxylic acids is 1. The molecular weight excluding hydrogens is 501 g/mol. The number of carboxylic acids is 1. The number of para-hydroxylation sites is 1. The standard InChI is InChI=1S/C25H32N4O2.C2HF3O2/c30-23(17-19-7-8-19)28-13-9-25(10-14-28)21-18-26-29(16-15-27-11-3-4-12-27)24(21)20-5-1-2-6-22(20)31-25;3-2(4,5)1(6)7/h1-2,5-6,18-19H,3-4,7-17H2;(H,6,7). The Morgan fingerprint density at radius 3 is 2.34 bits per heavy atom. The fourth-order valence-electron chi connectivity index (χ4n) is 5.62. The minimum absolute atomic E-state index is 0.329. The van der Waals surface area contributed by atoms with Crippen LogP contribution in [-0.4, -0.2) is 75.5 Å². The lowest BCUT2D eigenvalue weighted by Gasteiger charge is -2.44. The van der Waals surface area contributed by atoms with Gasteiger partial charge < -0.3 is 19.6 Å². The van der Waals surface area contributed by atoms with Gasteiger partial charge in [0.1, 0.15) is 11.4 Å². The summed E-state index contributed by atoms with van der Waals surface area (Å²) in [4.78, 5) is 26.1. The van der Waals surface area contributed by atoms with Crippen molar-refractivity contribution < 1.29 is 32.6 Å². The van der Waals surface area contributed by atoms with Crippen molar-refractivity contribution in [3.05, 3.63) is 36.0 Å². The molecule has 2 aromatic rings. The zero-order chi connectivity index (χ0) is 26.9. The SMILES string of the molecule is O=C(CC1CC1)N1CCC2(CC1)Oc1ccccc1-c1c2cnn1CCN1CCCC1.O=C(O)C(F)(F)F. The summed E-state index contributed by atoms with van der Waals surface area (Å²) in [5.41, 5.74) is 3.21. The number of piperidine rings is 1. The lowest BCUT2D eigenvalue weighted by atomic mass is 9.81. The number of ether oxygens (including phenoxy) is 1. The molecule has 4 aliphatic rings. The Hall–Kier alpha value is -3.08. The van der Waals surface area contributed by atoms with Crippen LogP contribution in [0.4, 0.5) is 13.2 Å². The Bertz CT molecular complexity index is 1160. The van der Waals surface area contributed by atoms with Crippen LogP contribution in [0.25, 0.3) is 11.3 Å². The number of hydrogen-bond donors (Lipinski definition) is 1. The molecule has 11 heteroatoms. The first-order valence-electron chi connectivity index (χ1n) is 13.3. The molecule has 206 valence electrons. The number of rotatable bonds is 5. The third-order valence-electron chi connectivity index (χ3n) is 7.93. The maximum Gasteiger partial charge on any atom is 0.490 e. The molecule has 2 saturated heterocycles. The van der Waals surface area contributed by atoms with Crippen molar-refractivity contribution in [3.8, 4) is 17.0 Å². The zero-order valence-electron chi connectivity index (χ0n) is 21.3. The molecule has 3 aliphatic heterocycles. The number of alkyl halides is 3. The molecule has 0 radical (unpaired) electrons. The number of halogens is 3. The predicted octanol–water partition coefficient (Wildman–Crippen LogP) is 4.29. The van der Waals surface area contributed by atoms with Crippen LogP contribution in [0.1, 0.15) is 50.5 Å². The summed E-state index contributed by atoms with van der Waals surface area (Å²) in [6, 6.07) is 8.38. The average Bonchev–Trinajstić information content (AvgIpc) is 3.36. The number of nitrogens with zero attached hydrogens (tertiary/aromatic N) is 4. The Kier molecular flexibility index (Phi) is 7.39. The molecule has 6 rings (SSSR count). The van der Waals surface area contributed by atoms with Gasteiger partial charge in [0, 0.05) is 50.0 Å². The van der Waals surface area contributed by atoms with Gasteiger partial charge in [0.15, 0.2) is 0 Å². The van der Waals surface area contributed by atoms with Crippen LogP contribution in [0.2, 0.25) is 0 Å². The predicted molar refractivity (Wildman–Crippen MR) is 132 cm³/mol. The van der Waals surface area contributed by atoms with Crippen LogP contribution >= 0.6 is 0 Å². The highest BCUT2D eigenvalue weighted by Gasteiger charge is 2.46. The van der Waals surface area contributed by atoms with Gasteiger partial charge in [-0.25, -0.2) is 4.79 Å². The van der Waals surface area contributed by atoms with E-state index < -0.39 is 12.1 Å². The minimum atomic E-state index is -5.08. The molecule has 3 fully saturated rings. The number of likely N-dealkylation sites (tertiary alicyclic amines) is 2. The van der Waals surface area contributed by atoms with E-state index in [2.05, 4.69) is 38.7 Å². The molecule has 1 spiro atoms. The van der Waals surface area contributed by atoms with Gasteiger partial charge in [-0.2, -0.15) is 18.3 Å². The smallest absolute Gasteiger partial charge is 0.482 e. The molecule has 1 saturated carbocycles. The van der Waals surface area contributed by atoms with Gasteiger partial charge in [-0.05, 0) is 56.8 Å². The number of fused-ring (bicyclic) bond motifs is 4. The minimum Gasteiger partial charge on any atom is -0.482 e. The van der Waals surface area contributed by atoms with Crippen molar-refractivity contribution in [1.82, 2.24) is 19.6 Å². The summed E-state index contributed by atoms with van der Waals surface area (Å²) in [6.45, 7) is 5.91. The van der Waals surface area contributed by atoms with Gasteiger partial charge in [-0.1, -0.05) is 12.1 Å². The van der Waals surface area contributed by atoms with E-state index in [0.29, 0.717) is 11.8 Å². The van der Waals surface area contributed by atoms with E-state index in [0.717, 1.165) is 56.8 Å². The molecule has 38 heavy (non-hydrogen) atoms. The Labute approximate surface area is 219 Å². The van der Waals surface area contributed by atoms with Crippen molar-refractivity contribution in [1.29, 1.82) is 0 Å². The average molecular weight is 535 g/mol. The third-order valence-corrected chi connectivity index (χ3v) is 7.93. The fourth-order valence-corrected chi connectivity index (χ4v) is 5.62. The number of amides is 1. The molecule has 8 nitrogen and oxygen atoms in total. The maximum atomic E-state index is 12.6. The van der Waals surface area contributed by atoms with Crippen LogP contribution in [0, 0.1) is 5.92 Å². The molecule has 0 bridgehead atoms. The van der Waals surface area contributed by atoms with Crippen LogP contribution in [0.3, 0.4) is 0 Å². The molecule has 1 amide bonds. The van der Waals surface area contributed by atoms with Gasteiger partial charge in [0.25, 0.3) is 0 Å². The van der Waals surface area contributed by atoms with Gasteiger partial charge in [-0.15, -0.1) is 0 Å². The van der Waals surface area contributed by atoms with E-state index in [1.54, 1.807) is 0 Å². The molecule has 0 atom stereocenters. The van der Waals surface area contributed by atoms with E-state index >= 15 is 0 Å². The van der Waals surface area contributed by atoms with Crippen molar-refractivity contribution in [3.63, 3.8) is 0 Å². The molecule has 1 aromatic carbocycles. The van der Waals surface area contributed by atoms with Crippen molar-refractivity contribution >= 4 is 11.9 Å². The Balaban J connectivity index is 0.000000374. The van der Waals surface area contributed by atoms with Crippen LogP contribution in [0.5, 0.6) is 5.75 Å². The molecule has 0 unspecified atom stereocenters. The second-order valence-corrected chi connectivity index (χ2v) is 10.6. The van der Waals surface area contributed by atoms with Crippen molar-refractivity contribution in [2.75, 3.05) is 32.7 Å². The van der Waals surface area contributed by atoms with Crippen molar-refractivity contribution in [2.24, 2.45) is 5.92 Å². The number of aromatic nitrogens is 2. The van der Waals surface area contributed by atoms with Crippen molar-refractivity contribution in [2.45, 2.75) is 63.3 Å². The first kappa shape index (κ1) is 26.5. The van der Waals surface area contributed by atoms with Crippen LogP contribution in [-0.2, 0) is 21.7 Å². The highest BCUT2D eigenvalue weighted by atomic mass is 19.4. The Morgan fingerprint density at radius 1 is 1.05 bits per heavy atom. The Morgan fingerprint density at radius 2 is 1.71 bits per heavy atom. The van der Waals surface area contributed by atoms with E-state index in [9.17, 15) is 18.0 Å². The number of carbonyl (C=O) groups excluding carboxylic acids is 1. The largest absolute Gasteiger partial charge is 0.490 e. The van der Waals surface area contributed by atoms with E-state index in [4.69, 9.17) is 19.7 Å². The summed E-state index contributed by atoms with van der Waals surface area (Å²) >= 11 is 0. The first-order chi connectivity index (χ1) is 18.2. The lowest BCUT2D eigenvalue weighted by Crippen LogP contribution is -2.49. The molecule has 1 aromatic heterocycles. The third kappa shape index (κ3) is 5.67. The summed E-state index contributed by atoms with van der Waals surface area (Å²) in [5, 5.41) is 12.0. The first-order valence-corrected chi connectivity index (χ1v) is 13.3. The summed E-state index contributed by atoms with van der Waals surface area (Å²) in [5.74, 6) is -0.833. The zero-order valence-corrected chi connectivity index (χ0v) is 21.3.